The number of hydrogen-bond acceptors (Lipinski definition) is 2. The van der Waals surface area contributed by atoms with Crippen molar-refractivity contribution in [3.63, 3.8) is 0 Å². The maximum atomic E-state index is 9.91. The fourth-order valence-electron chi connectivity index (χ4n) is 0.188. The molecule has 10 heavy (non-hydrogen) atoms. The predicted octanol–water partition coefficient (Wildman–Crippen LogP) is 0.845. The van der Waals surface area contributed by atoms with Gasteiger partial charge in [0.1, 0.15) is 0 Å². The van der Waals surface area contributed by atoms with Gasteiger partial charge in [-0.25, -0.2) is 9.59 Å². The average molecular weight is 185 g/mol. The van der Waals surface area contributed by atoms with Crippen molar-refractivity contribution < 1.29 is 19.8 Å². The molecule has 6 heteroatoms. The lowest BCUT2D eigenvalue weighted by Gasteiger charge is -1.90. The van der Waals surface area contributed by atoms with Crippen LogP contribution in [0.3, 0.4) is 0 Å². The summed E-state index contributed by atoms with van der Waals surface area (Å²) in [6, 6.07) is 0. The van der Waals surface area contributed by atoms with Crippen LogP contribution >= 0.6 is 23.2 Å². The number of aliphatic carboxylic acids is 2. The summed E-state index contributed by atoms with van der Waals surface area (Å²) in [6.45, 7) is 0. The smallest absolute Gasteiger partial charge is 0.349 e. The van der Waals surface area contributed by atoms with E-state index in [2.05, 4.69) is 0 Å². The third kappa shape index (κ3) is 2.24. The second-order valence-corrected chi connectivity index (χ2v) is 1.99. The largest absolute Gasteiger partial charge is 0.477 e. The predicted molar refractivity (Wildman–Crippen MR) is 34.0 cm³/mol. The number of carbonyl (C=O) groups is 2. The van der Waals surface area contributed by atoms with Gasteiger partial charge in [-0.05, 0) is 0 Å². The summed E-state index contributed by atoms with van der Waals surface area (Å²) in [5.41, 5.74) is 0. The van der Waals surface area contributed by atoms with Gasteiger partial charge in [-0.1, -0.05) is 23.2 Å². The molecule has 0 aliphatic heterocycles. The Morgan fingerprint density at radius 1 is 0.900 bits per heavy atom. The van der Waals surface area contributed by atoms with Crippen LogP contribution in [0.1, 0.15) is 0 Å². The fraction of sp³-hybridized carbons (Fsp3) is 0. The Morgan fingerprint density at radius 3 is 1.20 bits per heavy atom. The van der Waals surface area contributed by atoms with Gasteiger partial charge in [-0.2, -0.15) is 0 Å². The topological polar surface area (TPSA) is 74.6 Å². The zero-order valence-electron chi connectivity index (χ0n) is 4.47. The third-order valence-corrected chi connectivity index (χ3v) is 1.37. The summed E-state index contributed by atoms with van der Waals surface area (Å²) < 4.78 is 0. The van der Waals surface area contributed by atoms with Crippen LogP contribution in [0.5, 0.6) is 0 Å². The highest BCUT2D eigenvalue weighted by molar-refractivity contribution is 6.52. The van der Waals surface area contributed by atoms with Crippen molar-refractivity contribution in [2.24, 2.45) is 0 Å². The Labute approximate surface area is 65.7 Å². The molecule has 0 aliphatic rings. The van der Waals surface area contributed by atoms with Crippen LogP contribution in [0.4, 0.5) is 0 Å². The molecule has 0 bridgehead atoms. The second-order valence-electron chi connectivity index (χ2n) is 1.24. The first-order valence-corrected chi connectivity index (χ1v) is 2.74. The van der Waals surface area contributed by atoms with Crippen LogP contribution < -0.4 is 0 Å². The Bertz CT molecular complexity index is 185. The first kappa shape index (κ1) is 9.26. The lowest BCUT2D eigenvalue weighted by molar-refractivity contribution is -0.134. The van der Waals surface area contributed by atoms with Crippen molar-refractivity contribution in [1.82, 2.24) is 0 Å². The van der Waals surface area contributed by atoms with E-state index in [1.165, 1.54) is 0 Å². The highest BCUT2D eigenvalue weighted by Gasteiger charge is 2.15. The number of hydrogen-bond donors (Lipinski definition) is 2. The van der Waals surface area contributed by atoms with Crippen LogP contribution in [-0.2, 0) is 9.59 Å². The number of carboxylic acids is 2. The van der Waals surface area contributed by atoms with E-state index in [0.717, 1.165) is 0 Å². The van der Waals surface area contributed by atoms with Crippen LogP contribution in [0, 0.1) is 0 Å². The van der Waals surface area contributed by atoms with E-state index in [0.29, 0.717) is 0 Å². The molecule has 0 saturated carbocycles. The van der Waals surface area contributed by atoms with E-state index >= 15 is 0 Å². The number of carboxylic acid groups (broad SMARTS) is 2. The van der Waals surface area contributed by atoms with Crippen molar-refractivity contribution in [1.29, 1.82) is 0 Å². The summed E-state index contributed by atoms with van der Waals surface area (Å²) >= 11 is 9.86. The molecule has 0 heterocycles. The molecule has 0 amide bonds. The van der Waals surface area contributed by atoms with Gasteiger partial charge in [0.05, 0.1) is 0 Å². The molecule has 0 aliphatic carbocycles. The number of rotatable bonds is 2. The minimum absolute atomic E-state index is 0.894. The van der Waals surface area contributed by atoms with E-state index < -0.39 is 22.0 Å². The van der Waals surface area contributed by atoms with Crippen LogP contribution in [0.15, 0.2) is 10.1 Å². The Kier molecular flexibility index (Phi) is 3.18. The molecule has 2 N–H and O–H groups in total. The SMILES string of the molecule is O=C(O)C(Cl)=C(Cl)C(=O)O. The molecule has 56 valence electrons. The molecule has 0 radical (unpaired) electrons. The minimum Gasteiger partial charge on any atom is -0.477 e. The molecule has 0 atom stereocenters. The van der Waals surface area contributed by atoms with E-state index in [9.17, 15) is 9.59 Å². The summed E-state index contributed by atoms with van der Waals surface area (Å²) in [5, 5.41) is 14.3. The molecule has 4 nitrogen and oxygen atoms in total. The summed E-state index contributed by atoms with van der Waals surface area (Å²) in [6.07, 6.45) is 0. The first-order chi connectivity index (χ1) is 4.46. The first-order valence-electron chi connectivity index (χ1n) is 1.98. The Morgan fingerprint density at radius 2 is 1.10 bits per heavy atom. The highest BCUT2D eigenvalue weighted by Crippen LogP contribution is 2.13. The zero-order chi connectivity index (χ0) is 8.31. The summed E-state index contributed by atoms with van der Waals surface area (Å²) in [5.74, 6) is -3.12. The summed E-state index contributed by atoms with van der Waals surface area (Å²) in [7, 11) is 0. The molecule has 0 aromatic heterocycles. The quantitative estimate of drug-likeness (QED) is 0.625. The third-order valence-electron chi connectivity index (χ3n) is 0.568. The van der Waals surface area contributed by atoms with E-state index in [1.807, 2.05) is 0 Å². The monoisotopic (exact) mass is 184 g/mol. The standard InChI is InChI=1S/C4H2Cl2O4/c5-1(3(7)8)2(6)4(9)10/h(H,7,8)(H,9,10). The van der Waals surface area contributed by atoms with Gasteiger partial charge in [0.25, 0.3) is 0 Å². The van der Waals surface area contributed by atoms with Crippen molar-refractivity contribution in [3.05, 3.63) is 10.1 Å². The number of halogens is 2. The van der Waals surface area contributed by atoms with Gasteiger partial charge in [0.15, 0.2) is 10.1 Å². The van der Waals surface area contributed by atoms with Crippen LogP contribution in [-0.4, -0.2) is 22.2 Å². The second kappa shape index (κ2) is 3.43. The molecular weight excluding hydrogens is 183 g/mol. The fourth-order valence-corrected chi connectivity index (χ4v) is 0.349. The molecule has 0 fully saturated rings. The zero-order valence-corrected chi connectivity index (χ0v) is 5.98. The lowest BCUT2D eigenvalue weighted by Crippen LogP contribution is -2.02. The van der Waals surface area contributed by atoms with Gasteiger partial charge in [-0.3, -0.25) is 0 Å². The maximum Gasteiger partial charge on any atom is 0.349 e. The molecule has 0 aromatic rings. The minimum atomic E-state index is -1.56. The van der Waals surface area contributed by atoms with E-state index in [1.54, 1.807) is 0 Å². The lowest BCUT2D eigenvalue weighted by atomic mass is 10.5. The normalized spacial score (nSPS) is 12.2. The highest BCUT2D eigenvalue weighted by atomic mass is 35.5. The molecule has 0 saturated heterocycles. The van der Waals surface area contributed by atoms with Crippen molar-refractivity contribution >= 4 is 35.1 Å². The van der Waals surface area contributed by atoms with Gasteiger partial charge in [-0.15, -0.1) is 0 Å². The molecule has 0 unspecified atom stereocenters. The van der Waals surface area contributed by atoms with Gasteiger partial charge in [0, 0.05) is 0 Å². The van der Waals surface area contributed by atoms with E-state index in [-0.39, 0.29) is 0 Å². The molecule has 0 rings (SSSR count). The van der Waals surface area contributed by atoms with Gasteiger partial charge in [0.2, 0.25) is 0 Å². The summed E-state index contributed by atoms with van der Waals surface area (Å²) in [4.78, 5) is 19.8. The van der Waals surface area contributed by atoms with Crippen LogP contribution in [0.25, 0.3) is 0 Å². The Balaban J connectivity index is 4.67. The van der Waals surface area contributed by atoms with Crippen molar-refractivity contribution in [2.75, 3.05) is 0 Å². The average Bonchev–Trinajstić information content (AvgIpc) is 1.84. The van der Waals surface area contributed by atoms with Crippen molar-refractivity contribution in [2.45, 2.75) is 0 Å². The molecule has 0 aromatic carbocycles. The van der Waals surface area contributed by atoms with Crippen LogP contribution in [0.2, 0.25) is 0 Å². The molecular formula is C4H2Cl2O4. The van der Waals surface area contributed by atoms with Gasteiger partial charge < -0.3 is 10.2 Å². The maximum absolute atomic E-state index is 9.91. The van der Waals surface area contributed by atoms with Crippen molar-refractivity contribution in [3.8, 4) is 0 Å². The molecule has 0 spiro atoms. The van der Waals surface area contributed by atoms with Gasteiger partial charge >= 0.3 is 11.9 Å². The van der Waals surface area contributed by atoms with E-state index in [4.69, 9.17) is 33.4 Å². The Hall–Kier alpha value is -0.740.